The molecular formula is C7H8ClK. The first-order valence-electron chi connectivity index (χ1n) is 2.53. The van der Waals surface area contributed by atoms with Gasteiger partial charge in [-0.15, -0.1) is 11.6 Å². The monoisotopic (exact) mass is 166 g/mol. The van der Waals surface area contributed by atoms with E-state index in [1.165, 1.54) is 5.56 Å². The number of benzene rings is 1. The summed E-state index contributed by atoms with van der Waals surface area (Å²) in [6, 6.07) is 9.96. The third-order valence-electron chi connectivity index (χ3n) is 0.997. The molecule has 0 aliphatic rings. The number of hydrogen-bond donors (Lipinski definition) is 0. The summed E-state index contributed by atoms with van der Waals surface area (Å²) in [5, 5.41) is 0. The quantitative estimate of drug-likeness (QED) is 0.392. The minimum atomic E-state index is 0. The molecule has 0 nitrogen and oxygen atoms in total. The maximum absolute atomic E-state index is 5.53. The Morgan fingerprint density at radius 2 is 1.78 bits per heavy atom. The second kappa shape index (κ2) is 5.90. The third kappa shape index (κ3) is 3.76. The first-order valence-corrected chi connectivity index (χ1v) is 3.07. The van der Waals surface area contributed by atoms with Gasteiger partial charge in [-0.25, -0.2) is 0 Å². The van der Waals surface area contributed by atoms with Crippen LogP contribution in [0.4, 0.5) is 0 Å². The Bertz CT molecular complexity index is 155. The van der Waals surface area contributed by atoms with Gasteiger partial charge in [0.1, 0.15) is 0 Å². The molecule has 44 valence electrons. The first-order chi connectivity index (χ1) is 3.93. The van der Waals surface area contributed by atoms with Gasteiger partial charge in [0.25, 0.3) is 0 Å². The molecular weight excluding hydrogens is 159 g/mol. The standard InChI is InChI=1S/C7H7Cl.K.H/c8-6-7-4-2-1-3-5-7;;/h1-5H,6H2;;/q;+1;-1. The van der Waals surface area contributed by atoms with Gasteiger partial charge >= 0.3 is 51.4 Å². The molecule has 0 heterocycles. The fourth-order valence-corrected chi connectivity index (χ4v) is 0.745. The van der Waals surface area contributed by atoms with Gasteiger partial charge in [0.15, 0.2) is 0 Å². The van der Waals surface area contributed by atoms with Gasteiger partial charge in [0, 0.05) is 5.88 Å². The Morgan fingerprint density at radius 3 is 2.11 bits per heavy atom. The summed E-state index contributed by atoms with van der Waals surface area (Å²) in [6.45, 7) is 0. The molecule has 0 atom stereocenters. The Kier molecular flexibility index (Phi) is 6.65. The van der Waals surface area contributed by atoms with E-state index in [1.54, 1.807) is 0 Å². The van der Waals surface area contributed by atoms with Gasteiger partial charge in [-0.2, -0.15) is 0 Å². The summed E-state index contributed by atoms with van der Waals surface area (Å²) in [7, 11) is 0. The molecule has 1 rings (SSSR count). The number of halogens is 1. The minimum absolute atomic E-state index is 0. The molecule has 0 unspecified atom stereocenters. The van der Waals surface area contributed by atoms with Gasteiger partial charge in [-0.05, 0) is 5.56 Å². The van der Waals surface area contributed by atoms with Crippen LogP contribution in [0.15, 0.2) is 30.3 Å². The van der Waals surface area contributed by atoms with Gasteiger partial charge in [0.05, 0.1) is 0 Å². The summed E-state index contributed by atoms with van der Waals surface area (Å²) in [4.78, 5) is 0. The molecule has 0 aliphatic carbocycles. The zero-order chi connectivity index (χ0) is 5.82. The largest absolute Gasteiger partial charge is 1.00 e. The summed E-state index contributed by atoms with van der Waals surface area (Å²) in [6.07, 6.45) is 0. The maximum atomic E-state index is 5.53. The molecule has 1 aromatic carbocycles. The molecule has 0 bridgehead atoms. The van der Waals surface area contributed by atoms with E-state index in [4.69, 9.17) is 11.6 Å². The van der Waals surface area contributed by atoms with Crippen LogP contribution in [-0.2, 0) is 5.88 Å². The van der Waals surface area contributed by atoms with Crippen LogP contribution in [0, 0.1) is 0 Å². The van der Waals surface area contributed by atoms with Crippen LogP contribution in [0.2, 0.25) is 0 Å². The van der Waals surface area contributed by atoms with Gasteiger partial charge in [-0.3, -0.25) is 0 Å². The van der Waals surface area contributed by atoms with Gasteiger partial charge in [0.2, 0.25) is 0 Å². The van der Waals surface area contributed by atoms with Crippen LogP contribution in [0.5, 0.6) is 0 Å². The zero-order valence-corrected chi connectivity index (χ0v) is 9.35. The van der Waals surface area contributed by atoms with E-state index >= 15 is 0 Å². The second-order valence-electron chi connectivity index (χ2n) is 1.62. The minimum Gasteiger partial charge on any atom is -1.00 e. The van der Waals surface area contributed by atoms with Crippen LogP contribution in [0.3, 0.4) is 0 Å². The Balaban J connectivity index is 0. The van der Waals surface area contributed by atoms with E-state index in [1.807, 2.05) is 30.3 Å². The van der Waals surface area contributed by atoms with E-state index in [0.29, 0.717) is 5.88 Å². The van der Waals surface area contributed by atoms with Crippen LogP contribution < -0.4 is 51.4 Å². The fourth-order valence-electron chi connectivity index (χ4n) is 0.567. The SMILES string of the molecule is ClCc1ccccc1.[H-].[K+]. The third-order valence-corrected chi connectivity index (χ3v) is 1.31. The molecule has 0 amide bonds. The van der Waals surface area contributed by atoms with Crippen LogP contribution in [0.1, 0.15) is 6.99 Å². The molecule has 1 aromatic rings. The fraction of sp³-hybridized carbons (Fsp3) is 0.143. The van der Waals surface area contributed by atoms with E-state index in [2.05, 4.69) is 0 Å². The van der Waals surface area contributed by atoms with Crippen molar-refractivity contribution in [3.05, 3.63) is 35.9 Å². The van der Waals surface area contributed by atoms with E-state index < -0.39 is 0 Å². The van der Waals surface area contributed by atoms with E-state index in [0.717, 1.165) is 0 Å². The normalized spacial score (nSPS) is 8.11. The molecule has 0 N–H and O–H groups in total. The van der Waals surface area contributed by atoms with E-state index in [-0.39, 0.29) is 52.8 Å². The number of alkyl halides is 1. The molecule has 0 saturated heterocycles. The second-order valence-corrected chi connectivity index (χ2v) is 1.89. The molecule has 9 heavy (non-hydrogen) atoms. The maximum Gasteiger partial charge on any atom is 1.00 e. The predicted octanol–water partition coefficient (Wildman–Crippen LogP) is -0.458. The van der Waals surface area contributed by atoms with Gasteiger partial charge in [-0.1, -0.05) is 30.3 Å². The van der Waals surface area contributed by atoms with E-state index in [9.17, 15) is 0 Å². The molecule has 0 fully saturated rings. The van der Waals surface area contributed by atoms with Crippen molar-refractivity contribution in [1.29, 1.82) is 0 Å². The summed E-state index contributed by atoms with van der Waals surface area (Å²) in [5.41, 5.74) is 1.18. The average Bonchev–Trinajstić information content (AvgIpc) is 1.90. The summed E-state index contributed by atoms with van der Waals surface area (Å²) < 4.78 is 0. The van der Waals surface area contributed by atoms with Crippen LogP contribution in [-0.4, -0.2) is 0 Å². The van der Waals surface area contributed by atoms with Crippen molar-refractivity contribution in [3.63, 3.8) is 0 Å². The topological polar surface area (TPSA) is 0 Å². The molecule has 0 spiro atoms. The Morgan fingerprint density at radius 1 is 1.22 bits per heavy atom. The molecule has 0 radical (unpaired) electrons. The van der Waals surface area contributed by atoms with Crippen molar-refractivity contribution in [2.45, 2.75) is 5.88 Å². The van der Waals surface area contributed by atoms with Crippen LogP contribution >= 0.6 is 11.6 Å². The van der Waals surface area contributed by atoms with Crippen molar-refractivity contribution in [3.8, 4) is 0 Å². The molecule has 0 saturated carbocycles. The zero-order valence-electron chi connectivity index (χ0n) is 6.47. The summed E-state index contributed by atoms with van der Waals surface area (Å²) >= 11 is 5.53. The average molecular weight is 167 g/mol. The number of rotatable bonds is 1. The number of hydrogen-bond acceptors (Lipinski definition) is 0. The Hall–Kier alpha value is 1.15. The van der Waals surface area contributed by atoms with Crippen molar-refractivity contribution in [2.75, 3.05) is 0 Å². The molecule has 0 aliphatic heterocycles. The van der Waals surface area contributed by atoms with Gasteiger partial charge < -0.3 is 1.43 Å². The van der Waals surface area contributed by atoms with Crippen LogP contribution in [0.25, 0.3) is 0 Å². The van der Waals surface area contributed by atoms with Crippen molar-refractivity contribution < 1.29 is 52.8 Å². The Labute approximate surface area is 105 Å². The van der Waals surface area contributed by atoms with Crippen molar-refractivity contribution in [1.82, 2.24) is 0 Å². The first kappa shape index (κ1) is 10.1. The van der Waals surface area contributed by atoms with Crippen molar-refractivity contribution >= 4 is 11.6 Å². The van der Waals surface area contributed by atoms with Crippen molar-refractivity contribution in [2.24, 2.45) is 0 Å². The molecule has 2 heteroatoms. The molecule has 0 aromatic heterocycles. The predicted molar refractivity (Wildman–Crippen MR) is 37.1 cm³/mol. The smallest absolute Gasteiger partial charge is 1.00 e. The summed E-state index contributed by atoms with van der Waals surface area (Å²) in [5.74, 6) is 0.612.